The van der Waals surface area contributed by atoms with Crippen LogP contribution in [-0.2, 0) is 4.74 Å². The van der Waals surface area contributed by atoms with E-state index in [0.29, 0.717) is 12.3 Å². The van der Waals surface area contributed by atoms with Crippen LogP contribution in [0.1, 0.15) is 46.0 Å². The van der Waals surface area contributed by atoms with Gasteiger partial charge in [0, 0.05) is 19.4 Å². The van der Waals surface area contributed by atoms with Crippen LogP contribution < -0.4 is 17.7 Å². The minimum atomic E-state index is 0. The summed E-state index contributed by atoms with van der Waals surface area (Å²) in [6.45, 7) is 4.64. The summed E-state index contributed by atoms with van der Waals surface area (Å²) >= 11 is 0. The van der Waals surface area contributed by atoms with Gasteiger partial charge in [-0.1, -0.05) is 19.8 Å². The van der Waals surface area contributed by atoms with Crippen LogP contribution in [0.4, 0.5) is 0 Å². The molecule has 3 aliphatic rings. The van der Waals surface area contributed by atoms with Gasteiger partial charge in [0.2, 0.25) is 6.10 Å². The van der Waals surface area contributed by atoms with E-state index in [2.05, 4.69) is 19.2 Å². The largest absolute Gasteiger partial charge is 1.00 e. The Balaban J connectivity index is 0.000000963. The van der Waals surface area contributed by atoms with Gasteiger partial charge >= 0.3 is 0 Å². The highest BCUT2D eigenvalue weighted by molar-refractivity contribution is 4.99. The first kappa shape index (κ1) is 12.7. The molecule has 3 heteroatoms. The van der Waals surface area contributed by atoms with E-state index in [9.17, 15) is 0 Å². The zero-order valence-corrected chi connectivity index (χ0v) is 11.0. The Bertz CT molecular complexity index is 248. The van der Waals surface area contributed by atoms with Gasteiger partial charge in [0.1, 0.15) is 0 Å². The second kappa shape index (κ2) is 4.83. The van der Waals surface area contributed by atoms with Crippen LogP contribution >= 0.6 is 0 Å². The number of rotatable bonds is 0. The SMILES string of the molecule is CC1CC(C)C2C(NC3CCCCC32)[O+]1.[Cl-]. The maximum absolute atomic E-state index is 6.06. The molecule has 1 aliphatic carbocycles. The minimum Gasteiger partial charge on any atom is -1.00 e. The van der Waals surface area contributed by atoms with Gasteiger partial charge in [-0.25, -0.2) is 5.32 Å². The molecule has 1 radical (unpaired) electrons. The molecule has 3 rings (SSSR count). The van der Waals surface area contributed by atoms with Crippen molar-refractivity contribution in [2.24, 2.45) is 17.8 Å². The summed E-state index contributed by atoms with van der Waals surface area (Å²) in [5.41, 5.74) is 0. The molecule has 2 aliphatic heterocycles. The van der Waals surface area contributed by atoms with Gasteiger partial charge in [0.25, 0.3) is 6.23 Å². The van der Waals surface area contributed by atoms with Crippen molar-refractivity contribution in [2.75, 3.05) is 0 Å². The Labute approximate surface area is 105 Å². The molecule has 16 heavy (non-hydrogen) atoms. The fourth-order valence-electron chi connectivity index (χ4n) is 4.21. The van der Waals surface area contributed by atoms with Crippen molar-refractivity contribution < 1.29 is 17.1 Å². The van der Waals surface area contributed by atoms with Gasteiger partial charge in [-0.05, 0) is 24.7 Å². The van der Waals surface area contributed by atoms with Gasteiger partial charge in [-0.2, -0.15) is 0 Å². The van der Waals surface area contributed by atoms with Gasteiger partial charge in [0.05, 0.1) is 5.92 Å². The Morgan fingerprint density at radius 1 is 1.12 bits per heavy atom. The van der Waals surface area contributed by atoms with Crippen LogP contribution in [0, 0.1) is 17.8 Å². The van der Waals surface area contributed by atoms with Crippen molar-refractivity contribution in [3.8, 4) is 0 Å². The molecule has 0 bridgehead atoms. The number of hydrogen-bond acceptors (Lipinski definition) is 2. The van der Waals surface area contributed by atoms with Crippen LogP contribution in [0.25, 0.3) is 0 Å². The van der Waals surface area contributed by atoms with Crippen molar-refractivity contribution in [2.45, 2.75) is 64.3 Å². The van der Waals surface area contributed by atoms with E-state index >= 15 is 0 Å². The second-order valence-corrected chi connectivity index (χ2v) is 5.88. The minimum absolute atomic E-state index is 0. The van der Waals surface area contributed by atoms with E-state index in [1.54, 1.807) is 0 Å². The number of nitrogens with one attached hydrogen (secondary N) is 1. The third-order valence-electron chi connectivity index (χ3n) is 4.78. The molecule has 2 nitrogen and oxygen atoms in total. The lowest BCUT2D eigenvalue weighted by Crippen LogP contribution is -3.00. The van der Waals surface area contributed by atoms with E-state index in [4.69, 9.17) is 4.74 Å². The molecule has 1 saturated carbocycles. The zero-order chi connectivity index (χ0) is 10.4. The molecule has 0 aromatic carbocycles. The summed E-state index contributed by atoms with van der Waals surface area (Å²) < 4.78 is 6.06. The van der Waals surface area contributed by atoms with Crippen LogP contribution in [0.15, 0.2) is 0 Å². The summed E-state index contributed by atoms with van der Waals surface area (Å²) in [7, 11) is 0. The maximum atomic E-state index is 6.06. The first-order valence-electron chi connectivity index (χ1n) is 6.67. The average Bonchev–Trinajstić information content (AvgIpc) is 2.54. The predicted molar refractivity (Wildman–Crippen MR) is 60.5 cm³/mol. The number of fused-ring (bicyclic) bond motifs is 3. The number of halogens is 1. The highest BCUT2D eigenvalue weighted by atomic mass is 35.5. The van der Waals surface area contributed by atoms with Crippen molar-refractivity contribution in [1.29, 1.82) is 0 Å². The van der Waals surface area contributed by atoms with E-state index in [0.717, 1.165) is 23.8 Å². The molecule has 0 spiro atoms. The molecule has 0 aromatic heterocycles. The van der Waals surface area contributed by atoms with Gasteiger partial charge in [-0.15, -0.1) is 4.74 Å². The smallest absolute Gasteiger partial charge is 0.288 e. The Morgan fingerprint density at radius 2 is 1.88 bits per heavy atom. The highest BCUT2D eigenvalue weighted by Crippen LogP contribution is 2.45. The second-order valence-electron chi connectivity index (χ2n) is 5.88. The van der Waals surface area contributed by atoms with E-state index < -0.39 is 0 Å². The predicted octanol–water partition coefficient (Wildman–Crippen LogP) is -0.460. The molecular weight excluding hydrogens is 222 g/mol. The van der Waals surface area contributed by atoms with Gasteiger partial charge in [-0.3, -0.25) is 0 Å². The Hall–Kier alpha value is 0.210. The number of ether oxygens (including phenoxy) is 1. The zero-order valence-electron chi connectivity index (χ0n) is 10.3. The first-order chi connectivity index (χ1) is 7.25. The molecule has 3 fully saturated rings. The summed E-state index contributed by atoms with van der Waals surface area (Å²) in [4.78, 5) is 0. The molecule has 6 atom stereocenters. The van der Waals surface area contributed by atoms with Crippen molar-refractivity contribution >= 4 is 0 Å². The standard InChI is InChI=1S/C13H23NO.ClH/c1-8-7-9(2)15-13-12(8)10-5-3-4-6-11(10)14-13;/h8-14H,3-7H2,1-2H3;1H/q+1;/p-1. The molecule has 0 amide bonds. The normalized spacial score (nSPS) is 51.4. The third-order valence-corrected chi connectivity index (χ3v) is 4.78. The summed E-state index contributed by atoms with van der Waals surface area (Å²) in [6, 6.07) is 0.765. The molecule has 2 heterocycles. The fourth-order valence-corrected chi connectivity index (χ4v) is 4.21. The lowest BCUT2D eigenvalue weighted by molar-refractivity contribution is -0.102. The quantitative estimate of drug-likeness (QED) is 0.583. The fraction of sp³-hybridized carbons (Fsp3) is 1.00. The molecule has 2 saturated heterocycles. The van der Waals surface area contributed by atoms with E-state index in [1.807, 2.05) is 0 Å². The lowest BCUT2D eigenvalue weighted by atomic mass is 9.72. The summed E-state index contributed by atoms with van der Waals surface area (Å²) in [5.74, 6) is 2.55. The summed E-state index contributed by atoms with van der Waals surface area (Å²) in [5, 5.41) is 3.73. The average molecular weight is 245 g/mol. The van der Waals surface area contributed by atoms with Crippen LogP contribution in [0.2, 0.25) is 0 Å². The van der Waals surface area contributed by atoms with Crippen molar-refractivity contribution in [3.05, 3.63) is 0 Å². The van der Waals surface area contributed by atoms with Crippen LogP contribution in [0.3, 0.4) is 0 Å². The topological polar surface area (TPSA) is 23.3 Å². The van der Waals surface area contributed by atoms with Crippen molar-refractivity contribution in [1.82, 2.24) is 5.32 Å². The molecule has 6 unspecified atom stereocenters. The molecular formula is C13H23ClNO. The Morgan fingerprint density at radius 3 is 2.69 bits per heavy atom. The van der Waals surface area contributed by atoms with E-state index in [-0.39, 0.29) is 12.4 Å². The molecule has 1 N–H and O–H groups in total. The highest BCUT2D eigenvalue weighted by Gasteiger charge is 2.55. The van der Waals surface area contributed by atoms with Crippen LogP contribution in [-0.4, -0.2) is 18.4 Å². The Kier molecular flexibility index (Phi) is 3.82. The first-order valence-corrected chi connectivity index (χ1v) is 6.67. The maximum Gasteiger partial charge on any atom is 0.288 e. The van der Waals surface area contributed by atoms with Crippen LogP contribution in [0.5, 0.6) is 0 Å². The lowest BCUT2D eigenvalue weighted by Gasteiger charge is -2.32. The van der Waals surface area contributed by atoms with Gasteiger partial charge in [0.15, 0.2) is 0 Å². The monoisotopic (exact) mass is 244 g/mol. The third kappa shape index (κ3) is 2.00. The molecule has 93 valence electrons. The van der Waals surface area contributed by atoms with Crippen molar-refractivity contribution in [3.63, 3.8) is 0 Å². The summed E-state index contributed by atoms with van der Waals surface area (Å²) in [6.07, 6.45) is 7.74. The van der Waals surface area contributed by atoms with Gasteiger partial charge < -0.3 is 12.4 Å². The number of hydrogen-bond donors (Lipinski definition) is 1. The van der Waals surface area contributed by atoms with E-state index in [1.165, 1.54) is 32.1 Å². The molecule has 0 aromatic rings.